The second-order valence-corrected chi connectivity index (χ2v) is 9.01. The molecule has 0 saturated heterocycles. The van der Waals surface area contributed by atoms with Crippen molar-refractivity contribution < 1.29 is 43.0 Å². The van der Waals surface area contributed by atoms with Crippen LogP contribution in [-0.2, 0) is 38.2 Å². The number of nitrogens with one attached hydrogen (secondary N) is 2. The number of ketones is 1. The molecule has 13 heteroatoms. The van der Waals surface area contributed by atoms with Gasteiger partial charge in [-0.15, -0.1) is 0 Å². The Balaban J connectivity index is 4.08. The first-order valence-corrected chi connectivity index (χ1v) is 12.1. The largest absolute Gasteiger partial charge is 0.469 e. The van der Waals surface area contributed by atoms with Crippen molar-refractivity contribution in [3.8, 4) is 0 Å². The minimum absolute atomic E-state index is 0.131. The highest BCUT2D eigenvalue weighted by atomic mass is 16.7. The van der Waals surface area contributed by atoms with E-state index in [1.165, 1.54) is 7.11 Å². The van der Waals surface area contributed by atoms with Crippen LogP contribution in [0.15, 0.2) is 0 Å². The lowest BCUT2D eigenvalue weighted by Crippen LogP contribution is -2.39. The van der Waals surface area contributed by atoms with Gasteiger partial charge in [0.2, 0.25) is 5.91 Å². The summed E-state index contributed by atoms with van der Waals surface area (Å²) >= 11 is 0. The van der Waals surface area contributed by atoms with Gasteiger partial charge in [0.1, 0.15) is 11.4 Å². The maximum absolute atomic E-state index is 12.5. The average Bonchev–Trinajstić information content (AvgIpc) is 2.80. The van der Waals surface area contributed by atoms with Crippen LogP contribution in [0, 0.1) is 5.92 Å². The number of esters is 1. The standard InChI is InChI=1S/C23H44N4O9/c1-23(2,3)36-22(31)27-35-14-13-34-12-11-33-10-9-26-21(30)17(16-20(29)32-4)15-19(28)18(25)7-5-6-8-24/h17-18H,5-16,24-25H2,1-4H3,(H,26,30)(H,27,31)/t17-,18-/m0/s1. The first kappa shape index (κ1) is 33.7. The smallest absolute Gasteiger partial charge is 0.431 e. The fourth-order valence-electron chi connectivity index (χ4n) is 2.83. The Morgan fingerprint density at radius 2 is 1.56 bits per heavy atom. The van der Waals surface area contributed by atoms with Crippen LogP contribution in [0.3, 0.4) is 0 Å². The average molecular weight is 521 g/mol. The molecule has 6 N–H and O–H groups in total. The summed E-state index contributed by atoms with van der Waals surface area (Å²) in [7, 11) is 1.22. The van der Waals surface area contributed by atoms with Crippen LogP contribution in [0.5, 0.6) is 0 Å². The summed E-state index contributed by atoms with van der Waals surface area (Å²) in [5.41, 5.74) is 12.9. The number of carbonyl (C=O) groups is 4. The van der Waals surface area contributed by atoms with Crippen LogP contribution in [-0.4, -0.2) is 88.6 Å². The molecule has 36 heavy (non-hydrogen) atoms. The molecular formula is C23H44N4O9. The van der Waals surface area contributed by atoms with E-state index >= 15 is 0 Å². The summed E-state index contributed by atoms with van der Waals surface area (Å²) in [4.78, 5) is 52.9. The number of ether oxygens (including phenoxy) is 4. The Morgan fingerprint density at radius 3 is 2.17 bits per heavy atom. The highest BCUT2D eigenvalue weighted by Gasteiger charge is 2.27. The molecule has 0 aliphatic rings. The maximum Gasteiger partial charge on any atom is 0.431 e. The van der Waals surface area contributed by atoms with Crippen molar-refractivity contribution in [3.05, 3.63) is 0 Å². The van der Waals surface area contributed by atoms with E-state index in [4.69, 9.17) is 30.5 Å². The van der Waals surface area contributed by atoms with Crippen molar-refractivity contribution in [1.29, 1.82) is 0 Å². The van der Waals surface area contributed by atoms with Crippen LogP contribution >= 0.6 is 0 Å². The molecule has 0 aliphatic carbocycles. The maximum atomic E-state index is 12.5. The fourth-order valence-corrected chi connectivity index (χ4v) is 2.83. The normalized spacial score (nSPS) is 12.9. The van der Waals surface area contributed by atoms with E-state index in [2.05, 4.69) is 15.5 Å². The van der Waals surface area contributed by atoms with E-state index in [1.807, 2.05) is 0 Å². The number of unbranched alkanes of at least 4 members (excludes halogenated alkanes) is 1. The summed E-state index contributed by atoms with van der Waals surface area (Å²) in [5.74, 6) is -2.19. The summed E-state index contributed by atoms with van der Waals surface area (Å²) < 4.78 is 20.3. The van der Waals surface area contributed by atoms with Gasteiger partial charge in [-0.05, 0) is 40.2 Å². The number of rotatable bonds is 20. The third kappa shape index (κ3) is 18.9. The zero-order valence-electron chi connectivity index (χ0n) is 22.0. The van der Waals surface area contributed by atoms with E-state index < -0.39 is 35.5 Å². The Kier molecular flexibility index (Phi) is 18.5. The number of carbonyl (C=O) groups excluding carboxylic acids is 4. The van der Waals surface area contributed by atoms with Gasteiger partial charge in [0.15, 0.2) is 0 Å². The summed E-state index contributed by atoms with van der Waals surface area (Å²) in [5, 5.41) is 2.66. The molecule has 210 valence electrons. The molecule has 0 aromatic rings. The minimum Gasteiger partial charge on any atom is -0.469 e. The van der Waals surface area contributed by atoms with Crippen molar-refractivity contribution in [2.45, 2.75) is 64.5 Å². The number of methoxy groups -OCH3 is 1. The van der Waals surface area contributed by atoms with Crippen molar-refractivity contribution in [2.75, 3.05) is 53.2 Å². The predicted molar refractivity (Wildman–Crippen MR) is 131 cm³/mol. The third-order valence-electron chi connectivity index (χ3n) is 4.64. The Morgan fingerprint density at radius 1 is 0.917 bits per heavy atom. The van der Waals surface area contributed by atoms with Gasteiger partial charge in [0.05, 0.1) is 58.5 Å². The zero-order chi connectivity index (χ0) is 27.4. The lowest BCUT2D eigenvalue weighted by molar-refractivity contribution is -0.144. The van der Waals surface area contributed by atoms with Crippen LogP contribution in [0.25, 0.3) is 0 Å². The SMILES string of the molecule is COC(=O)C[C@H](CC(=O)[C@@H](N)CCCCN)C(=O)NCCOCCOCCONC(=O)OC(C)(C)C. The first-order chi connectivity index (χ1) is 17.0. The van der Waals surface area contributed by atoms with Gasteiger partial charge in [0.25, 0.3) is 0 Å². The molecule has 0 rings (SSSR count). The lowest BCUT2D eigenvalue weighted by atomic mass is 9.93. The third-order valence-corrected chi connectivity index (χ3v) is 4.64. The number of hydroxylamine groups is 1. The van der Waals surface area contributed by atoms with Crippen LogP contribution in [0.1, 0.15) is 52.9 Å². The monoisotopic (exact) mass is 520 g/mol. The molecule has 0 aromatic carbocycles. The van der Waals surface area contributed by atoms with E-state index in [1.54, 1.807) is 20.8 Å². The summed E-state index contributed by atoms with van der Waals surface area (Å²) in [6.45, 7) is 7.06. The molecule has 13 nitrogen and oxygen atoms in total. The Bertz CT molecular complexity index is 656. The van der Waals surface area contributed by atoms with Crippen molar-refractivity contribution >= 4 is 23.8 Å². The number of nitrogens with two attached hydrogens (primary N) is 2. The second kappa shape index (κ2) is 19.8. The Labute approximate surface area is 213 Å². The molecule has 0 aliphatic heterocycles. The molecule has 0 unspecified atom stereocenters. The number of Topliss-reactive ketones (excluding diaryl/α,β-unsaturated/α-hetero) is 1. The number of amides is 2. The molecule has 0 spiro atoms. The van der Waals surface area contributed by atoms with Gasteiger partial charge in [0, 0.05) is 13.0 Å². The van der Waals surface area contributed by atoms with Crippen molar-refractivity contribution in [2.24, 2.45) is 17.4 Å². The van der Waals surface area contributed by atoms with E-state index in [9.17, 15) is 19.2 Å². The Hall–Kier alpha value is -2.32. The number of hydrogen-bond donors (Lipinski definition) is 4. The van der Waals surface area contributed by atoms with Gasteiger partial charge in [-0.1, -0.05) is 6.42 Å². The van der Waals surface area contributed by atoms with E-state index in [0.717, 1.165) is 6.42 Å². The zero-order valence-corrected chi connectivity index (χ0v) is 22.0. The highest BCUT2D eigenvalue weighted by Crippen LogP contribution is 2.14. The molecule has 0 bridgehead atoms. The molecule has 2 atom stereocenters. The van der Waals surface area contributed by atoms with Crippen molar-refractivity contribution in [1.82, 2.24) is 10.8 Å². The molecule has 0 heterocycles. The predicted octanol–water partition coefficient (Wildman–Crippen LogP) is 0.187. The summed E-state index contributed by atoms with van der Waals surface area (Å²) in [6, 6.07) is -0.702. The van der Waals surface area contributed by atoms with Crippen molar-refractivity contribution in [3.63, 3.8) is 0 Å². The van der Waals surface area contributed by atoms with Gasteiger partial charge in [-0.3, -0.25) is 19.2 Å². The molecule has 0 saturated carbocycles. The van der Waals surface area contributed by atoms with Gasteiger partial charge >= 0.3 is 12.1 Å². The molecule has 0 radical (unpaired) electrons. The topological polar surface area (TPSA) is 191 Å². The van der Waals surface area contributed by atoms with Gasteiger partial charge < -0.3 is 35.7 Å². The fraction of sp³-hybridized carbons (Fsp3) is 0.826. The molecule has 0 aromatic heterocycles. The molecule has 2 amide bonds. The number of hydrogen-bond acceptors (Lipinski definition) is 11. The quantitative estimate of drug-likeness (QED) is 0.0973. The lowest BCUT2D eigenvalue weighted by Gasteiger charge is -2.19. The summed E-state index contributed by atoms with van der Waals surface area (Å²) in [6.07, 6.45) is 0.903. The van der Waals surface area contributed by atoms with Crippen LogP contribution in [0.4, 0.5) is 4.79 Å². The van der Waals surface area contributed by atoms with E-state index in [-0.39, 0.29) is 58.2 Å². The highest BCUT2D eigenvalue weighted by molar-refractivity contribution is 5.91. The van der Waals surface area contributed by atoms with E-state index in [0.29, 0.717) is 19.4 Å². The van der Waals surface area contributed by atoms with Gasteiger partial charge in [-0.2, -0.15) is 5.48 Å². The molecule has 0 fully saturated rings. The van der Waals surface area contributed by atoms with Gasteiger partial charge in [-0.25, -0.2) is 4.79 Å². The molecular weight excluding hydrogens is 476 g/mol. The second-order valence-electron chi connectivity index (χ2n) is 9.01. The minimum atomic E-state index is -0.872. The first-order valence-electron chi connectivity index (χ1n) is 12.1. The van der Waals surface area contributed by atoms with Crippen LogP contribution in [0.2, 0.25) is 0 Å². The van der Waals surface area contributed by atoms with Crippen LogP contribution < -0.4 is 22.3 Å².